The second-order valence-corrected chi connectivity index (χ2v) is 6.66. The molecule has 22 heavy (non-hydrogen) atoms. The molecule has 0 amide bonds. The largest absolute Gasteiger partial charge is 0.267 e. The van der Waals surface area contributed by atoms with Crippen LogP contribution in [0, 0.1) is 13.7 Å². The number of hydrogen-bond acceptors (Lipinski definition) is 0. The van der Waals surface area contributed by atoms with Crippen LogP contribution in [-0.2, 0) is 12.5 Å². The predicted octanol–water partition coefficient (Wildman–Crippen LogP) is 4.37. The van der Waals surface area contributed by atoms with Crippen LogP contribution in [0.15, 0.2) is 42.5 Å². The summed E-state index contributed by atoms with van der Waals surface area (Å²) in [6, 6.07) is 12.1. The Morgan fingerprint density at radius 2 is 1.59 bits per heavy atom. The molecular formula is C20H25N2+. The van der Waals surface area contributed by atoms with E-state index < -0.39 is 13.7 Å². The highest BCUT2D eigenvalue weighted by molar-refractivity contribution is 5.76. The molecule has 0 fully saturated rings. The summed E-state index contributed by atoms with van der Waals surface area (Å²) < 4.78 is 52.0. The summed E-state index contributed by atoms with van der Waals surface area (Å²) in [6.07, 6.45) is 0. The summed E-state index contributed by atoms with van der Waals surface area (Å²) >= 11 is 0. The first-order valence-electron chi connectivity index (χ1n) is 10.4. The van der Waals surface area contributed by atoms with Crippen molar-refractivity contribution < 1.29 is 12.8 Å². The Balaban J connectivity index is 2.61. The topological polar surface area (TPSA) is 8.81 Å². The van der Waals surface area contributed by atoms with Crippen LogP contribution in [-0.4, -0.2) is 4.57 Å². The van der Waals surface area contributed by atoms with Crippen LogP contribution < -0.4 is 4.57 Å². The molecule has 3 aromatic rings. The first-order chi connectivity index (χ1) is 12.7. The molecule has 0 unspecified atom stereocenters. The number of rotatable bonds is 1. The molecule has 2 aromatic carbocycles. The molecular weight excluding hydrogens is 268 g/mol. The minimum Gasteiger partial charge on any atom is -0.229 e. The molecule has 0 atom stereocenters. The fraction of sp³-hybridized carbons (Fsp3) is 0.350. The van der Waals surface area contributed by atoms with Crippen molar-refractivity contribution in [3.05, 3.63) is 59.4 Å². The molecule has 1 aromatic heterocycles. The maximum absolute atomic E-state index is 8.04. The van der Waals surface area contributed by atoms with E-state index in [1.54, 1.807) is 0 Å². The molecule has 0 bridgehead atoms. The second kappa shape index (κ2) is 4.98. The van der Waals surface area contributed by atoms with Crippen LogP contribution in [0.2, 0.25) is 0 Å². The lowest BCUT2D eigenvalue weighted by molar-refractivity contribution is -0.657. The number of hydrogen-bond donors (Lipinski definition) is 0. The van der Waals surface area contributed by atoms with E-state index in [-0.39, 0.29) is 22.2 Å². The van der Waals surface area contributed by atoms with Gasteiger partial charge >= 0.3 is 0 Å². The van der Waals surface area contributed by atoms with Gasteiger partial charge in [-0.1, -0.05) is 30.3 Å². The minimum atomic E-state index is -2.45. The fourth-order valence-corrected chi connectivity index (χ4v) is 3.16. The summed E-state index contributed by atoms with van der Waals surface area (Å²) in [5, 5.41) is 0. The number of para-hydroxylation sites is 3. The van der Waals surface area contributed by atoms with E-state index in [2.05, 4.69) is 0 Å². The van der Waals surface area contributed by atoms with Crippen molar-refractivity contribution in [1.29, 1.82) is 0 Å². The van der Waals surface area contributed by atoms with Crippen LogP contribution in [0.1, 0.15) is 45.9 Å². The molecule has 0 spiro atoms. The van der Waals surface area contributed by atoms with Gasteiger partial charge in [0.05, 0.1) is 12.5 Å². The van der Waals surface area contributed by atoms with Crippen molar-refractivity contribution in [3.8, 4) is 5.69 Å². The van der Waals surface area contributed by atoms with E-state index in [0.717, 1.165) is 16.9 Å². The number of aryl methyl sites for hydroxylation is 3. The van der Waals surface area contributed by atoms with Crippen molar-refractivity contribution in [2.45, 2.75) is 39.9 Å². The molecule has 0 radical (unpaired) electrons. The van der Waals surface area contributed by atoms with E-state index >= 15 is 0 Å². The monoisotopic (exact) mass is 299 g/mol. The Hall–Kier alpha value is -2.09. The van der Waals surface area contributed by atoms with Gasteiger partial charge in [0.1, 0.15) is 5.69 Å². The van der Waals surface area contributed by atoms with E-state index in [0.29, 0.717) is 0 Å². The lowest BCUT2D eigenvalue weighted by Gasteiger charge is -2.17. The van der Waals surface area contributed by atoms with Crippen molar-refractivity contribution >= 4 is 11.0 Å². The molecule has 2 nitrogen and oxygen atoms in total. The molecule has 0 aliphatic heterocycles. The Kier molecular flexibility index (Phi) is 2.07. The molecule has 0 aliphatic carbocycles. The number of aromatic nitrogens is 2. The van der Waals surface area contributed by atoms with Gasteiger partial charge in [-0.15, -0.1) is 0 Å². The highest BCUT2D eigenvalue weighted by atomic mass is 15.2. The van der Waals surface area contributed by atoms with E-state index in [1.807, 2.05) is 61.2 Å². The Morgan fingerprint density at radius 1 is 0.955 bits per heavy atom. The lowest BCUT2D eigenvalue weighted by atomic mass is 9.94. The molecule has 0 N–H and O–H groups in total. The van der Waals surface area contributed by atoms with Gasteiger partial charge in [0.15, 0.2) is 11.0 Å². The molecule has 2 heteroatoms. The molecule has 0 saturated heterocycles. The van der Waals surface area contributed by atoms with Gasteiger partial charge in [-0.3, -0.25) is 0 Å². The second-order valence-electron chi connectivity index (χ2n) is 6.66. The Labute approximate surface area is 141 Å². The van der Waals surface area contributed by atoms with Gasteiger partial charge in [-0.05, 0) is 57.7 Å². The number of nitrogens with zero attached hydrogens (tertiary/aromatic N) is 2. The van der Waals surface area contributed by atoms with Gasteiger partial charge in [-0.2, -0.15) is 4.57 Å². The van der Waals surface area contributed by atoms with Crippen LogP contribution in [0.5, 0.6) is 0 Å². The lowest BCUT2D eigenvalue weighted by Crippen LogP contribution is -2.39. The molecule has 3 rings (SSSR count). The first-order valence-corrected chi connectivity index (χ1v) is 7.39. The minimum absolute atomic E-state index is 0.0352. The summed E-state index contributed by atoms with van der Waals surface area (Å²) in [6.45, 7) is 1.20. The number of benzene rings is 2. The zero-order valence-corrected chi connectivity index (χ0v) is 13.4. The SMILES string of the molecule is [2H]C([2H])([2H])c1cccc(C([2H])([2H])[2H])c1-n1c(C(C)(C)C)[n+](C)c2ccccc21. The smallest absolute Gasteiger partial charge is 0.229 e. The quantitative estimate of drug-likeness (QED) is 0.590. The average molecular weight is 299 g/mol. The zero-order valence-electron chi connectivity index (χ0n) is 19.4. The number of fused-ring (bicyclic) bond motifs is 1. The van der Waals surface area contributed by atoms with Crippen molar-refractivity contribution in [3.63, 3.8) is 0 Å². The third-order valence-electron chi connectivity index (χ3n) is 3.94. The normalized spacial score (nSPS) is 17.3. The third kappa shape index (κ3) is 2.14. The maximum atomic E-state index is 8.04. The highest BCUT2D eigenvalue weighted by Gasteiger charge is 2.34. The molecule has 1 heterocycles. The summed E-state index contributed by atoms with van der Waals surface area (Å²) in [5.41, 5.74) is 1.62. The average Bonchev–Trinajstić information content (AvgIpc) is 2.86. The standard InChI is InChI=1S/C20H25N2/c1-14-10-9-11-15(2)18(14)22-17-13-8-7-12-16(17)21(6)19(22)20(3,4)5/h7-13H,1-6H3/q+1/i1D3,2D3. The Bertz CT molecular complexity index is 1000. The molecule has 0 saturated carbocycles. The predicted molar refractivity (Wildman–Crippen MR) is 92.6 cm³/mol. The van der Waals surface area contributed by atoms with Gasteiger partial charge in [-0.25, -0.2) is 4.57 Å². The van der Waals surface area contributed by atoms with Crippen LogP contribution in [0.4, 0.5) is 0 Å². The zero-order chi connectivity index (χ0) is 21.1. The van der Waals surface area contributed by atoms with E-state index in [4.69, 9.17) is 8.22 Å². The third-order valence-corrected chi connectivity index (χ3v) is 3.94. The van der Waals surface area contributed by atoms with Gasteiger partial charge < -0.3 is 0 Å². The van der Waals surface area contributed by atoms with Crippen molar-refractivity contribution in [2.75, 3.05) is 0 Å². The van der Waals surface area contributed by atoms with E-state index in [1.165, 1.54) is 18.2 Å². The first kappa shape index (κ1) is 9.14. The van der Waals surface area contributed by atoms with Crippen LogP contribution in [0.25, 0.3) is 16.7 Å². The number of imidazole rings is 1. The summed E-state index contributed by atoms with van der Waals surface area (Å²) in [7, 11) is 1.92. The van der Waals surface area contributed by atoms with Crippen LogP contribution in [0.3, 0.4) is 0 Å². The van der Waals surface area contributed by atoms with Gasteiger partial charge in [0.2, 0.25) is 0 Å². The van der Waals surface area contributed by atoms with Gasteiger partial charge in [0.25, 0.3) is 5.82 Å². The van der Waals surface area contributed by atoms with Crippen LogP contribution >= 0.6 is 0 Å². The summed E-state index contributed by atoms with van der Waals surface area (Å²) in [4.78, 5) is 0. The molecule has 0 aliphatic rings. The fourth-order valence-electron chi connectivity index (χ4n) is 3.16. The maximum Gasteiger partial charge on any atom is 0.267 e. The van der Waals surface area contributed by atoms with Crippen molar-refractivity contribution in [2.24, 2.45) is 7.05 Å². The summed E-state index contributed by atoms with van der Waals surface area (Å²) in [5.74, 6) is 0.830. The van der Waals surface area contributed by atoms with E-state index in [9.17, 15) is 0 Å². The Morgan fingerprint density at radius 3 is 2.18 bits per heavy atom. The highest BCUT2D eigenvalue weighted by Crippen LogP contribution is 2.30. The van der Waals surface area contributed by atoms with Gasteiger partial charge in [0, 0.05) is 8.22 Å². The van der Waals surface area contributed by atoms with Crippen molar-refractivity contribution in [1.82, 2.24) is 4.57 Å². The molecule has 114 valence electrons.